The largest absolute Gasteiger partial charge is 0.497 e. The predicted octanol–water partition coefficient (Wildman–Crippen LogP) is 1.31. The molecule has 2 amide bonds. The zero-order valence-corrected chi connectivity index (χ0v) is 12.7. The third kappa shape index (κ3) is 5.33. The molecule has 6 nitrogen and oxygen atoms in total. The topological polar surface area (TPSA) is 93.5 Å². The van der Waals surface area contributed by atoms with E-state index in [0.29, 0.717) is 17.0 Å². The fraction of sp³-hybridized carbons (Fsp3) is 0.467. The van der Waals surface area contributed by atoms with Gasteiger partial charge in [0.1, 0.15) is 5.75 Å². The zero-order chi connectivity index (χ0) is 15.8. The first-order valence-corrected chi connectivity index (χ1v) is 6.99. The highest BCUT2D eigenvalue weighted by atomic mass is 16.5. The van der Waals surface area contributed by atoms with Crippen LogP contribution in [0.2, 0.25) is 0 Å². The first-order chi connectivity index (χ1) is 9.97. The Kier molecular flexibility index (Phi) is 6.52. The lowest BCUT2D eigenvalue weighted by Gasteiger charge is -2.12. The van der Waals surface area contributed by atoms with Crippen LogP contribution in [0, 0.1) is 0 Å². The Hall–Kier alpha value is -2.24. The number of nitrogens with one attached hydrogen (secondary N) is 2. The molecule has 0 aliphatic heterocycles. The van der Waals surface area contributed by atoms with Crippen molar-refractivity contribution in [2.75, 3.05) is 19.4 Å². The summed E-state index contributed by atoms with van der Waals surface area (Å²) in [5, 5.41) is 5.52. The van der Waals surface area contributed by atoms with E-state index in [4.69, 9.17) is 10.5 Å². The minimum atomic E-state index is -0.300. The maximum Gasteiger partial charge on any atom is 0.253 e. The van der Waals surface area contributed by atoms with E-state index >= 15 is 0 Å². The zero-order valence-electron chi connectivity index (χ0n) is 12.7. The second-order valence-corrected chi connectivity index (χ2v) is 4.84. The number of amides is 2. The van der Waals surface area contributed by atoms with Crippen LogP contribution in [-0.4, -0.2) is 31.5 Å². The molecule has 0 aliphatic carbocycles. The Morgan fingerprint density at radius 3 is 2.67 bits per heavy atom. The van der Waals surface area contributed by atoms with Gasteiger partial charge in [-0.05, 0) is 25.5 Å². The quantitative estimate of drug-likeness (QED) is 0.661. The summed E-state index contributed by atoms with van der Waals surface area (Å²) >= 11 is 0. The highest BCUT2D eigenvalue weighted by molar-refractivity contribution is 5.99. The number of ether oxygens (including phenoxy) is 1. The normalized spacial score (nSPS) is 11.6. The van der Waals surface area contributed by atoms with Gasteiger partial charge in [0.05, 0.1) is 12.7 Å². The Morgan fingerprint density at radius 2 is 2.10 bits per heavy atom. The molecule has 0 bridgehead atoms. The molecule has 0 radical (unpaired) electrons. The lowest BCUT2D eigenvalue weighted by molar-refractivity contribution is -0.121. The summed E-state index contributed by atoms with van der Waals surface area (Å²) in [7, 11) is 1.53. The van der Waals surface area contributed by atoms with Crippen LogP contribution < -0.4 is 21.1 Å². The van der Waals surface area contributed by atoms with E-state index in [1.807, 2.05) is 13.8 Å². The van der Waals surface area contributed by atoms with Crippen LogP contribution >= 0.6 is 0 Å². The number of carbonyl (C=O) groups is 2. The van der Waals surface area contributed by atoms with Gasteiger partial charge in [0.25, 0.3) is 5.91 Å². The van der Waals surface area contributed by atoms with Crippen molar-refractivity contribution in [2.24, 2.45) is 0 Å². The molecular weight excluding hydrogens is 270 g/mol. The van der Waals surface area contributed by atoms with Crippen molar-refractivity contribution >= 4 is 17.5 Å². The Labute approximate surface area is 125 Å². The molecule has 0 heterocycles. The van der Waals surface area contributed by atoms with Crippen LogP contribution in [0.15, 0.2) is 18.2 Å². The van der Waals surface area contributed by atoms with Gasteiger partial charge in [0, 0.05) is 30.8 Å². The number of benzene rings is 1. The molecule has 1 unspecified atom stereocenters. The summed E-state index contributed by atoms with van der Waals surface area (Å²) < 4.78 is 5.03. The fourth-order valence-electron chi connectivity index (χ4n) is 1.71. The molecule has 21 heavy (non-hydrogen) atoms. The Bertz CT molecular complexity index is 503. The molecule has 0 aliphatic rings. The van der Waals surface area contributed by atoms with E-state index in [1.54, 1.807) is 18.2 Å². The molecule has 1 aromatic carbocycles. The van der Waals surface area contributed by atoms with Gasteiger partial charge < -0.3 is 21.1 Å². The Balaban J connectivity index is 2.46. The van der Waals surface area contributed by atoms with Gasteiger partial charge in [0.2, 0.25) is 5.91 Å². The maximum absolute atomic E-state index is 12.0. The number of nitrogens with two attached hydrogens (primary N) is 1. The third-order valence-corrected chi connectivity index (χ3v) is 3.16. The average molecular weight is 293 g/mol. The molecule has 0 fully saturated rings. The van der Waals surface area contributed by atoms with Crippen LogP contribution in [-0.2, 0) is 4.79 Å². The minimum absolute atomic E-state index is 0.0765. The smallest absolute Gasteiger partial charge is 0.253 e. The third-order valence-electron chi connectivity index (χ3n) is 3.16. The van der Waals surface area contributed by atoms with Crippen molar-refractivity contribution in [1.82, 2.24) is 10.6 Å². The Morgan fingerprint density at radius 1 is 1.38 bits per heavy atom. The standard InChI is InChI=1S/C15H23N3O3/c1-4-10(2)18-14(19)7-8-17-15(20)12-6-5-11(21-3)9-13(12)16/h5-6,9-10H,4,7-8,16H2,1-3H3,(H,17,20)(H,18,19). The van der Waals surface area contributed by atoms with E-state index in [0.717, 1.165) is 6.42 Å². The van der Waals surface area contributed by atoms with Gasteiger partial charge in [-0.1, -0.05) is 6.92 Å². The fourth-order valence-corrected chi connectivity index (χ4v) is 1.71. The number of hydrogen-bond donors (Lipinski definition) is 3. The van der Waals surface area contributed by atoms with Crippen molar-refractivity contribution in [3.8, 4) is 5.75 Å². The average Bonchev–Trinajstić information content (AvgIpc) is 2.46. The molecule has 0 saturated heterocycles. The van der Waals surface area contributed by atoms with Crippen LogP contribution in [0.3, 0.4) is 0 Å². The predicted molar refractivity (Wildman–Crippen MR) is 82.3 cm³/mol. The second kappa shape index (κ2) is 8.14. The number of carbonyl (C=O) groups excluding carboxylic acids is 2. The van der Waals surface area contributed by atoms with Gasteiger partial charge >= 0.3 is 0 Å². The summed E-state index contributed by atoms with van der Waals surface area (Å²) in [5.41, 5.74) is 6.51. The summed E-state index contributed by atoms with van der Waals surface area (Å²) in [5.74, 6) is 0.218. The number of anilines is 1. The maximum atomic E-state index is 12.0. The molecule has 1 atom stereocenters. The van der Waals surface area contributed by atoms with Crippen molar-refractivity contribution in [3.63, 3.8) is 0 Å². The number of nitrogen functional groups attached to an aromatic ring is 1. The van der Waals surface area contributed by atoms with Gasteiger partial charge in [-0.25, -0.2) is 0 Å². The minimum Gasteiger partial charge on any atom is -0.497 e. The molecule has 0 spiro atoms. The number of methoxy groups -OCH3 is 1. The van der Waals surface area contributed by atoms with E-state index in [2.05, 4.69) is 10.6 Å². The molecule has 1 rings (SSSR count). The number of rotatable bonds is 7. The summed E-state index contributed by atoms with van der Waals surface area (Å²) in [6.45, 7) is 4.21. The molecule has 6 heteroatoms. The van der Waals surface area contributed by atoms with Crippen LogP contribution in [0.1, 0.15) is 37.0 Å². The van der Waals surface area contributed by atoms with Crippen LogP contribution in [0.25, 0.3) is 0 Å². The summed E-state index contributed by atoms with van der Waals surface area (Å²) in [4.78, 5) is 23.5. The van der Waals surface area contributed by atoms with E-state index in [1.165, 1.54) is 7.11 Å². The SMILES string of the molecule is CCC(C)NC(=O)CCNC(=O)c1ccc(OC)cc1N. The molecular formula is C15H23N3O3. The highest BCUT2D eigenvalue weighted by Crippen LogP contribution is 2.19. The number of hydrogen-bond acceptors (Lipinski definition) is 4. The van der Waals surface area contributed by atoms with Gasteiger partial charge in [-0.3, -0.25) is 9.59 Å². The van der Waals surface area contributed by atoms with Crippen LogP contribution in [0.4, 0.5) is 5.69 Å². The van der Waals surface area contributed by atoms with Gasteiger partial charge in [-0.15, -0.1) is 0 Å². The van der Waals surface area contributed by atoms with Gasteiger partial charge in [0.15, 0.2) is 0 Å². The highest BCUT2D eigenvalue weighted by Gasteiger charge is 2.11. The van der Waals surface area contributed by atoms with Crippen molar-refractivity contribution in [1.29, 1.82) is 0 Å². The molecule has 116 valence electrons. The first-order valence-electron chi connectivity index (χ1n) is 6.99. The monoisotopic (exact) mass is 293 g/mol. The van der Waals surface area contributed by atoms with E-state index in [9.17, 15) is 9.59 Å². The molecule has 4 N–H and O–H groups in total. The molecule has 0 aromatic heterocycles. The lowest BCUT2D eigenvalue weighted by Crippen LogP contribution is -2.35. The first kappa shape index (κ1) is 16.8. The molecule has 0 saturated carbocycles. The van der Waals surface area contributed by atoms with Crippen molar-refractivity contribution in [3.05, 3.63) is 23.8 Å². The van der Waals surface area contributed by atoms with Crippen LogP contribution in [0.5, 0.6) is 5.75 Å². The summed E-state index contributed by atoms with van der Waals surface area (Å²) in [6.07, 6.45) is 1.12. The van der Waals surface area contributed by atoms with Gasteiger partial charge in [-0.2, -0.15) is 0 Å². The van der Waals surface area contributed by atoms with E-state index in [-0.39, 0.29) is 30.8 Å². The lowest BCUT2D eigenvalue weighted by atomic mass is 10.1. The molecule has 1 aromatic rings. The van der Waals surface area contributed by atoms with Crippen molar-refractivity contribution in [2.45, 2.75) is 32.7 Å². The van der Waals surface area contributed by atoms with E-state index < -0.39 is 0 Å². The second-order valence-electron chi connectivity index (χ2n) is 4.84. The summed E-state index contributed by atoms with van der Waals surface area (Å²) in [6, 6.07) is 5.00. The van der Waals surface area contributed by atoms with Crippen molar-refractivity contribution < 1.29 is 14.3 Å².